The minimum absolute atomic E-state index is 0.0250. The third-order valence-corrected chi connectivity index (χ3v) is 8.86. The zero-order valence-electron chi connectivity index (χ0n) is 21.1. The number of carbonyl (C=O) groups is 4. The number of nitrogens with zero attached hydrogens (tertiary/aromatic N) is 1. The third kappa shape index (κ3) is 6.01. The summed E-state index contributed by atoms with van der Waals surface area (Å²) >= 11 is 1.39. The average molecular weight is 531 g/mol. The number of aromatic hydroxyl groups is 1. The molecule has 3 aliphatic rings. The molecular formula is C27H34N2O7S. The number of carboxylic acids is 1. The summed E-state index contributed by atoms with van der Waals surface area (Å²) in [7, 11) is 0. The fourth-order valence-electron chi connectivity index (χ4n) is 5.32. The van der Waals surface area contributed by atoms with Crippen LogP contribution in [-0.2, 0) is 23.9 Å². The van der Waals surface area contributed by atoms with Gasteiger partial charge in [0.15, 0.2) is 5.78 Å². The second-order valence-corrected chi connectivity index (χ2v) is 12.2. The second-order valence-electron chi connectivity index (χ2n) is 10.4. The summed E-state index contributed by atoms with van der Waals surface area (Å²) in [5.41, 5.74) is 0.485. The summed E-state index contributed by atoms with van der Waals surface area (Å²) in [4.78, 5) is 52.3. The van der Waals surface area contributed by atoms with Gasteiger partial charge in [-0.3, -0.25) is 14.4 Å². The molecule has 1 aromatic carbocycles. The van der Waals surface area contributed by atoms with Crippen LogP contribution >= 0.6 is 11.8 Å². The number of fused-ring (bicyclic) bond motifs is 1. The van der Waals surface area contributed by atoms with Crippen molar-refractivity contribution in [3.63, 3.8) is 0 Å². The Bertz CT molecular complexity index is 1070. The Morgan fingerprint density at radius 2 is 1.86 bits per heavy atom. The number of amides is 2. The molecule has 200 valence electrons. The number of hydrogen-bond donors (Lipinski definition) is 3. The number of phenolic OH excluding ortho intramolecular Hbond substituents is 1. The Balaban J connectivity index is 1.42. The number of benzene rings is 1. The van der Waals surface area contributed by atoms with Crippen molar-refractivity contribution >= 4 is 35.3 Å². The lowest BCUT2D eigenvalue weighted by Crippen LogP contribution is -2.63. The number of nitrogens with one attached hydrogen (secondary N) is 1. The number of carbonyl (C=O) groups excluding carboxylic acids is 3. The lowest BCUT2D eigenvalue weighted by molar-refractivity contribution is -0.164. The van der Waals surface area contributed by atoms with Crippen LogP contribution in [0.2, 0.25) is 0 Å². The van der Waals surface area contributed by atoms with Gasteiger partial charge in [0.2, 0.25) is 11.8 Å². The number of ether oxygens (including phenoxy) is 1. The molecule has 0 spiro atoms. The molecule has 9 nitrogen and oxygen atoms in total. The maximum atomic E-state index is 13.4. The van der Waals surface area contributed by atoms with Gasteiger partial charge in [-0.15, -0.1) is 11.8 Å². The number of thioether (sulfide) groups is 1. The van der Waals surface area contributed by atoms with Crippen LogP contribution in [0.4, 0.5) is 0 Å². The van der Waals surface area contributed by atoms with Crippen molar-refractivity contribution in [3.8, 4) is 5.75 Å². The van der Waals surface area contributed by atoms with E-state index in [-0.39, 0.29) is 36.6 Å². The fourth-order valence-corrected chi connectivity index (χ4v) is 7.00. The number of carboxylic acid groups (broad SMARTS) is 1. The van der Waals surface area contributed by atoms with Gasteiger partial charge >= 0.3 is 5.97 Å². The van der Waals surface area contributed by atoms with E-state index < -0.39 is 40.0 Å². The van der Waals surface area contributed by atoms with Crippen molar-refractivity contribution in [1.82, 2.24) is 10.2 Å². The maximum absolute atomic E-state index is 13.4. The quantitative estimate of drug-likeness (QED) is 0.328. The molecule has 1 aromatic rings. The SMILES string of the molecule is CC1(C)S[C@@H]2[C@H](CC(=O)[C@H](NC(=O)COC3CC/C=C/CCC3)c3ccc(O)cc3)C(=O)N2[C@H]1C(=O)O. The van der Waals surface area contributed by atoms with Gasteiger partial charge in [-0.1, -0.05) is 24.3 Å². The normalized spacial score (nSPS) is 28.3. The number of Topliss-reactive ketones (excluding diaryl/α,β-unsaturated/α-hetero) is 1. The summed E-state index contributed by atoms with van der Waals surface area (Å²) in [5, 5.41) is 21.7. The highest BCUT2D eigenvalue weighted by molar-refractivity contribution is 8.01. The molecule has 4 rings (SSSR count). The lowest BCUT2D eigenvalue weighted by Gasteiger charge is -2.43. The number of β-lactam (4-membered cyclic amide) rings is 1. The van der Waals surface area contributed by atoms with Crippen molar-refractivity contribution < 1.29 is 34.1 Å². The van der Waals surface area contributed by atoms with E-state index in [2.05, 4.69) is 17.5 Å². The Morgan fingerprint density at radius 1 is 1.16 bits per heavy atom. The Labute approximate surface area is 220 Å². The van der Waals surface area contributed by atoms with Gasteiger partial charge in [-0.25, -0.2) is 4.79 Å². The molecule has 2 aliphatic heterocycles. The van der Waals surface area contributed by atoms with E-state index >= 15 is 0 Å². The number of rotatable bonds is 9. The molecule has 0 radical (unpaired) electrons. The first kappa shape index (κ1) is 27.2. The molecule has 1 unspecified atom stereocenters. The predicted octanol–water partition coefficient (Wildman–Crippen LogP) is 3.18. The minimum atomic E-state index is -1.06. The first-order chi connectivity index (χ1) is 17.6. The van der Waals surface area contributed by atoms with Crippen LogP contribution in [0.5, 0.6) is 5.75 Å². The lowest BCUT2D eigenvalue weighted by atomic mass is 9.86. The minimum Gasteiger partial charge on any atom is -0.508 e. The monoisotopic (exact) mass is 530 g/mol. The standard InChI is InChI=1S/C27H34N2O7S/c1-27(2)23(26(34)35)29-24(33)19(25(29)37-27)14-20(31)22(16-10-12-17(30)13-11-16)28-21(32)15-36-18-8-6-4-3-5-7-9-18/h3-4,10-13,18-19,22-23,25,30H,5-9,14-15H2,1-2H3,(H,28,32)(H,34,35)/b4-3+/t18?,19-,22-,23+,25-/m1/s1. The molecule has 5 atom stereocenters. The van der Waals surface area contributed by atoms with Gasteiger partial charge in [0.05, 0.1) is 17.4 Å². The largest absolute Gasteiger partial charge is 0.508 e. The summed E-state index contributed by atoms with van der Waals surface area (Å²) in [6.45, 7) is 3.39. The molecule has 2 fully saturated rings. The Hall–Kier alpha value is -2.85. The highest BCUT2D eigenvalue weighted by Gasteiger charge is 2.63. The molecule has 2 amide bonds. The van der Waals surface area contributed by atoms with Crippen LogP contribution in [0.1, 0.15) is 64.0 Å². The van der Waals surface area contributed by atoms with E-state index in [0.717, 1.165) is 32.1 Å². The summed E-state index contributed by atoms with van der Waals surface area (Å²) in [6.07, 6.45) is 8.70. The highest BCUT2D eigenvalue weighted by Crippen LogP contribution is 2.54. The first-order valence-corrected chi connectivity index (χ1v) is 13.6. The van der Waals surface area contributed by atoms with E-state index in [1.807, 2.05) is 0 Å². The van der Waals surface area contributed by atoms with Crippen LogP contribution in [0.15, 0.2) is 36.4 Å². The summed E-state index contributed by atoms with van der Waals surface area (Å²) in [5.74, 6) is -2.85. The molecular weight excluding hydrogens is 496 g/mol. The van der Waals surface area contributed by atoms with Gasteiger partial charge in [0, 0.05) is 11.2 Å². The Kier molecular flexibility index (Phi) is 8.28. The van der Waals surface area contributed by atoms with Gasteiger partial charge in [0.1, 0.15) is 24.4 Å². The van der Waals surface area contributed by atoms with Crippen LogP contribution < -0.4 is 5.32 Å². The number of aliphatic carboxylic acids is 1. The molecule has 0 bridgehead atoms. The molecule has 1 aliphatic carbocycles. The zero-order chi connectivity index (χ0) is 26.7. The van der Waals surface area contributed by atoms with Gasteiger partial charge in [0.25, 0.3) is 0 Å². The topological polar surface area (TPSA) is 133 Å². The van der Waals surface area contributed by atoms with Crippen molar-refractivity contribution in [1.29, 1.82) is 0 Å². The van der Waals surface area contributed by atoms with Gasteiger partial charge < -0.3 is 25.2 Å². The summed E-state index contributed by atoms with van der Waals surface area (Å²) in [6, 6.07) is 4.02. The summed E-state index contributed by atoms with van der Waals surface area (Å²) < 4.78 is 5.16. The molecule has 2 heterocycles. The van der Waals surface area contributed by atoms with Crippen LogP contribution in [-0.4, -0.2) is 67.6 Å². The van der Waals surface area contributed by atoms with E-state index in [9.17, 15) is 29.4 Å². The van der Waals surface area contributed by atoms with Crippen molar-refractivity contribution in [2.24, 2.45) is 5.92 Å². The number of hydrogen-bond acceptors (Lipinski definition) is 7. The van der Waals surface area contributed by atoms with Crippen LogP contribution in [0.25, 0.3) is 0 Å². The van der Waals surface area contributed by atoms with Crippen molar-refractivity contribution in [2.75, 3.05) is 6.61 Å². The number of phenols is 1. The first-order valence-electron chi connectivity index (χ1n) is 12.7. The van der Waals surface area contributed by atoms with Crippen LogP contribution in [0.3, 0.4) is 0 Å². The van der Waals surface area contributed by atoms with Gasteiger partial charge in [-0.2, -0.15) is 0 Å². The number of ketones is 1. The number of allylic oxidation sites excluding steroid dienone is 2. The van der Waals surface area contributed by atoms with Gasteiger partial charge in [-0.05, 0) is 63.6 Å². The molecule has 2 saturated heterocycles. The molecule has 0 aromatic heterocycles. The molecule has 3 N–H and O–H groups in total. The smallest absolute Gasteiger partial charge is 0.327 e. The molecule has 10 heteroatoms. The predicted molar refractivity (Wildman–Crippen MR) is 138 cm³/mol. The molecule has 0 saturated carbocycles. The highest BCUT2D eigenvalue weighted by atomic mass is 32.2. The van der Waals surface area contributed by atoms with E-state index in [1.165, 1.54) is 28.8 Å². The maximum Gasteiger partial charge on any atom is 0.327 e. The third-order valence-electron chi connectivity index (χ3n) is 7.23. The van der Waals surface area contributed by atoms with E-state index in [4.69, 9.17) is 4.74 Å². The van der Waals surface area contributed by atoms with Crippen molar-refractivity contribution in [2.45, 2.75) is 80.7 Å². The second kappa shape index (κ2) is 11.3. The van der Waals surface area contributed by atoms with E-state index in [0.29, 0.717) is 5.56 Å². The van der Waals surface area contributed by atoms with Crippen molar-refractivity contribution in [3.05, 3.63) is 42.0 Å². The Morgan fingerprint density at radius 3 is 2.57 bits per heavy atom. The van der Waals surface area contributed by atoms with E-state index in [1.54, 1.807) is 26.0 Å². The average Bonchev–Trinajstić information content (AvgIpc) is 3.08. The molecule has 37 heavy (non-hydrogen) atoms. The fraction of sp³-hybridized carbons (Fsp3) is 0.556. The zero-order valence-corrected chi connectivity index (χ0v) is 21.9. The van der Waals surface area contributed by atoms with Crippen LogP contribution in [0, 0.1) is 5.92 Å².